The van der Waals surface area contributed by atoms with Gasteiger partial charge in [0.1, 0.15) is 0 Å². The van der Waals surface area contributed by atoms with Crippen molar-refractivity contribution in [3.63, 3.8) is 0 Å². The largest absolute Gasteiger partial charge is 0.316 e. The van der Waals surface area contributed by atoms with E-state index in [9.17, 15) is 0 Å². The molecular weight excluding hydrogens is 160 g/mol. The van der Waals surface area contributed by atoms with Crippen LogP contribution in [0.1, 0.15) is 6.92 Å². The van der Waals surface area contributed by atoms with Crippen molar-refractivity contribution in [2.75, 3.05) is 18.6 Å². The molecule has 0 amide bonds. The number of hydrogen-bond donors (Lipinski definition) is 0. The van der Waals surface area contributed by atoms with Gasteiger partial charge in [0.05, 0.1) is 5.52 Å². The summed E-state index contributed by atoms with van der Waals surface area (Å²) in [6.45, 7) is 3.16. The summed E-state index contributed by atoms with van der Waals surface area (Å²) in [5.74, 6) is 0. The molecule has 0 unspecified atom stereocenters. The molecule has 0 aliphatic heterocycles. The monoisotopic (exact) mass is 174 g/mol. The van der Waals surface area contributed by atoms with Crippen LogP contribution in [0.3, 0.4) is 0 Å². The number of para-hydroxylation sites is 1. The number of nitrogens with zero attached hydrogens (tertiary/aromatic N) is 2. The lowest BCUT2D eigenvalue weighted by Gasteiger charge is -2.19. The summed E-state index contributed by atoms with van der Waals surface area (Å²) in [6, 6.07) is 10.6. The molecule has 0 saturated heterocycles. The maximum atomic E-state index is 2.18. The number of rotatable bonds is 2. The van der Waals surface area contributed by atoms with Crippen molar-refractivity contribution in [2.24, 2.45) is 0 Å². The van der Waals surface area contributed by atoms with Gasteiger partial charge in [-0.3, -0.25) is 4.68 Å². The second-order valence-corrected chi connectivity index (χ2v) is 3.19. The molecule has 2 nitrogen and oxygen atoms in total. The highest BCUT2D eigenvalue weighted by Gasteiger charge is 2.01. The van der Waals surface area contributed by atoms with E-state index < -0.39 is 0 Å². The normalized spacial score (nSPS) is 10.6. The number of fused-ring (bicyclic) bond motifs is 1. The van der Waals surface area contributed by atoms with E-state index >= 15 is 0 Å². The minimum Gasteiger partial charge on any atom is -0.316 e. The van der Waals surface area contributed by atoms with Crippen LogP contribution in [0.5, 0.6) is 0 Å². The highest BCUT2D eigenvalue weighted by Crippen LogP contribution is 2.14. The maximum Gasteiger partial charge on any atom is 0.0694 e. The number of benzene rings is 1. The van der Waals surface area contributed by atoms with Crippen LogP contribution < -0.4 is 5.01 Å². The zero-order valence-corrected chi connectivity index (χ0v) is 8.07. The van der Waals surface area contributed by atoms with Gasteiger partial charge in [0.2, 0.25) is 0 Å². The molecule has 68 valence electrons. The Labute approximate surface area is 78.4 Å². The molecule has 0 fully saturated rings. The fraction of sp³-hybridized carbons (Fsp3) is 0.273. The van der Waals surface area contributed by atoms with Crippen molar-refractivity contribution in [3.8, 4) is 0 Å². The van der Waals surface area contributed by atoms with E-state index in [0.29, 0.717) is 0 Å². The van der Waals surface area contributed by atoms with Gasteiger partial charge in [-0.15, -0.1) is 0 Å². The zero-order valence-electron chi connectivity index (χ0n) is 8.07. The van der Waals surface area contributed by atoms with Gasteiger partial charge in [0, 0.05) is 25.2 Å². The van der Waals surface area contributed by atoms with E-state index in [-0.39, 0.29) is 0 Å². The first-order valence-corrected chi connectivity index (χ1v) is 4.60. The van der Waals surface area contributed by atoms with Crippen molar-refractivity contribution < 1.29 is 0 Å². The molecule has 2 rings (SSSR count). The molecule has 0 bridgehead atoms. The summed E-state index contributed by atoms with van der Waals surface area (Å²) in [4.78, 5) is 0. The van der Waals surface area contributed by atoms with E-state index in [1.807, 2.05) is 0 Å². The van der Waals surface area contributed by atoms with Crippen molar-refractivity contribution in [1.82, 2.24) is 4.68 Å². The van der Waals surface area contributed by atoms with Crippen LogP contribution in [0.2, 0.25) is 0 Å². The molecule has 13 heavy (non-hydrogen) atoms. The van der Waals surface area contributed by atoms with Crippen molar-refractivity contribution in [1.29, 1.82) is 0 Å². The van der Waals surface area contributed by atoms with E-state index in [0.717, 1.165) is 6.54 Å². The van der Waals surface area contributed by atoms with E-state index in [2.05, 4.69) is 60.2 Å². The molecule has 0 aliphatic rings. The lowest BCUT2D eigenvalue weighted by Crippen LogP contribution is -2.28. The number of hydrogen-bond acceptors (Lipinski definition) is 1. The van der Waals surface area contributed by atoms with Crippen LogP contribution in [-0.4, -0.2) is 18.3 Å². The highest BCUT2D eigenvalue weighted by atomic mass is 15.5. The maximum absolute atomic E-state index is 2.18. The summed E-state index contributed by atoms with van der Waals surface area (Å²) in [5, 5.41) is 3.48. The Balaban J connectivity index is 2.57. The van der Waals surface area contributed by atoms with Crippen LogP contribution in [0, 0.1) is 0 Å². The Morgan fingerprint density at radius 1 is 1.23 bits per heavy atom. The summed E-state index contributed by atoms with van der Waals surface area (Å²) in [5.41, 5.74) is 1.27. The third-order valence-corrected chi connectivity index (χ3v) is 2.40. The highest BCUT2D eigenvalue weighted by molar-refractivity contribution is 5.80. The molecule has 0 spiro atoms. The molecule has 0 N–H and O–H groups in total. The average Bonchev–Trinajstić information content (AvgIpc) is 2.60. The SMILES string of the molecule is CCN(C)n1ccc2ccccc21. The predicted molar refractivity (Wildman–Crippen MR) is 56.6 cm³/mol. The first-order chi connectivity index (χ1) is 6.33. The summed E-state index contributed by atoms with van der Waals surface area (Å²) in [6.07, 6.45) is 2.11. The first-order valence-electron chi connectivity index (χ1n) is 4.60. The second-order valence-electron chi connectivity index (χ2n) is 3.19. The molecule has 0 radical (unpaired) electrons. The Kier molecular flexibility index (Phi) is 1.97. The predicted octanol–water partition coefficient (Wildman–Crippen LogP) is 2.23. The number of aromatic nitrogens is 1. The molecule has 1 heterocycles. The molecular formula is C11H14N2. The second kappa shape index (κ2) is 3.13. The Hall–Kier alpha value is -1.44. The van der Waals surface area contributed by atoms with Crippen molar-refractivity contribution in [2.45, 2.75) is 6.92 Å². The fourth-order valence-electron chi connectivity index (χ4n) is 1.52. The van der Waals surface area contributed by atoms with Crippen LogP contribution in [-0.2, 0) is 0 Å². The van der Waals surface area contributed by atoms with Crippen LogP contribution in [0.25, 0.3) is 10.9 Å². The Morgan fingerprint density at radius 2 is 2.00 bits per heavy atom. The molecule has 1 aromatic heterocycles. The van der Waals surface area contributed by atoms with Crippen molar-refractivity contribution in [3.05, 3.63) is 36.5 Å². The first kappa shape index (κ1) is 8.17. The van der Waals surface area contributed by atoms with Gasteiger partial charge >= 0.3 is 0 Å². The van der Waals surface area contributed by atoms with E-state index in [1.54, 1.807) is 0 Å². The van der Waals surface area contributed by atoms with Gasteiger partial charge in [-0.1, -0.05) is 18.2 Å². The minimum atomic E-state index is 1.01. The Bertz CT molecular complexity index is 403. The third kappa shape index (κ3) is 1.28. The Morgan fingerprint density at radius 3 is 2.77 bits per heavy atom. The average molecular weight is 174 g/mol. The smallest absolute Gasteiger partial charge is 0.0694 e. The molecule has 2 heteroatoms. The van der Waals surface area contributed by atoms with Gasteiger partial charge in [0.25, 0.3) is 0 Å². The summed E-state index contributed by atoms with van der Waals surface area (Å²) >= 11 is 0. The molecule has 0 saturated carbocycles. The summed E-state index contributed by atoms with van der Waals surface area (Å²) < 4.78 is 2.18. The van der Waals surface area contributed by atoms with Gasteiger partial charge in [-0.25, -0.2) is 0 Å². The lowest BCUT2D eigenvalue weighted by molar-refractivity contribution is 0.696. The third-order valence-electron chi connectivity index (χ3n) is 2.40. The topological polar surface area (TPSA) is 8.17 Å². The summed E-state index contributed by atoms with van der Waals surface area (Å²) in [7, 11) is 2.09. The standard InChI is InChI=1S/C11H14N2/c1-3-12(2)13-9-8-10-6-4-5-7-11(10)13/h4-9H,3H2,1-2H3. The van der Waals surface area contributed by atoms with E-state index in [4.69, 9.17) is 0 Å². The van der Waals surface area contributed by atoms with Crippen LogP contribution in [0.15, 0.2) is 36.5 Å². The van der Waals surface area contributed by atoms with Gasteiger partial charge < -0.3 is 5.01 Å². The quantitative estimate of drug-likeness (QED) is 0.677. The van der Waals surface area contributed by atoms with Crippen LogP contribution in [0.4, 0.5) is 0 Å². The lowest BCUT2D eigenvalue weighted by atomic mass is 10.3. The molecule has 0 aliphatic carbocycles. The van der Waals surface area contributed by atoms with Gasteiger partial charge in [-0.05, 0) is 19.1 Å². The fourth-order valence-corrected chi connectivity index (χ4v) is 1.52. The van der Waals surface area contributed by atoms with Crippen LogP contribution >= 0.6 is 0 Å². The van der Waals surface area contributed by atoms with Crippen molar-refractivity contribution >= 4 is 10.9 Å². The van der Waals surface area contributed by atoms with Gasteiger partial charge in [-0.2, -0.15) is 0 Å². The zero-order chi connectivity index (χ0) is 9.26. The molecule has 1 aromatic carbocycles. The van der Waals surface area contributed by atoms with Gasteiger partial charge in [0.15, 0.2) is 0 Å². The van der Waals surface area contributed by atoms with E-state index in [1.165, 1.54) is 10.9 Å². The molecule has 0 atom stereocenters. The molecule has 2 aromatic rings. The minimum absolute atomic E-state index is 1.01.